The summed E-state index contributed by atoms with van der Waals surface area (Å²) in [4.78, 5) is 23.2. The normalized spacial score (nSPS) is 15.0. The van der Waals surface area contributed by atoms with Crippen LogP contribution in [0.25, 0.3) is 0 Å². The van der Waals surface area contributed by atoms with Gasteiger partial charge in [-0.25, -0.2) is 9.97 Å². The van der Waals surface area contributed by atoms with Gasteiger partial charge >= 0.3 is 0 Å². The van der Waals surface area contributed by atoms with E-state index >= 15 is 0 Å². The Hall–Kier alpha value is -2.28. The third-order valence-electron chi connectivity index (χ3n) is 4.31. The molecular formula is C18H23N5OS. The van der Waals surface area contributed by atoms with Gasteiger partial charge in [-0.1, -0.05) is 49.2 Å². The van der Waals surface area contributed by atoms with Gasteiger partial charge in [0, 0.05) is 17.8 Å². The highest BCUT2D eigenvalue weighted by atomic mass is 32.2. The van der Waals surface area contributed by atoms with Gasteiger partial charge in [-0.15, -0.1) is 0 Å². The lowest BCUT2D eigenvalue weighted by atomic mass is 9.93. The Morgan fingerprint density at radius 2 is 1.72 bits per heavy atom. The number of benzene rings is 1. The molecule has 1 aromatic carbocycles. The summed E-state index contributed by atoms with van der Waals surface area (Å²) >= 11 is 1.27. The molecule has 0 spiro atoms. The Morgan fingerprint density at radius 1 is 1.08 bits per heavy atom. The van der Waals surface area contributed by atoms with Crippen LogP contribution in [0.2, 0.25) is 0 Å². The second kappa shape index (κ2) is 8.20. The first-order valence-electron chi connectivity index (χ1n) is 8.53. The van der Waals surface area contributed by atoms with Crippen LogP contribution < -0.4 is 16.4 Å². The van der Waals surface area contributed by atoms with Crippen LogP contribution in [-0.4, -0.2) is 27.7 Å². The highest BCUT2D eigenvalue weighted by Crippen LogP contribution is 2.28. The molecule has 0 bridgehead atoms. The van der Waals surface area contributed by atoms with E-state index in [1.807, 2.05) is 35.2 Å². The van der Waals surface area contributed by atoms with E-state index in [2.05, 4.69) is 9.97 Å². The zero-order valence-electron chi connectivity index (χ0n) is 14.1. The monoisotopic (exact) mass is 357 g/mol. The minimum Gasteiger partial charge on any atom is -0.383 e. The molecule has 4 N–H and O–H groups in total. The molecule has 0 unspecified atom stereocenters. The first-order chi connectivity index (χ1) is 12.1. The van der Waals surface area contributed by atoms with E-state index in [9.17, 15) is 4.79 Å². The van der Waals surface area contributed by atoms with Crippen molar-refractivity contribution in [2.75, 3.05) is 22.1 Å². The average Bonchev–Trinajstić information content (AvgIpc) is 2.61. The van der Waals surface area contributed by atoms with Crippen molar-refractivity contribution in [1.29, 1.82) is 0 Å². The fraction of sp³-hybridized carbons (Fsp3) is 0.389. The smallest absolute Gasteiger partial charge is 0.237 e. The predicted octanol–water partition coefficient (Wildman–Crippen LogP) is 3.10. The number of rotatable bonds is 5. The molecule has 132 valence electrons. The van der Waals surface area contributed by atoms with Crippen molar-refractivity contribution in [3.63, 3.8) is 0 Å². The molecule has 0 aliphatic heterocycles. The molecule has 2 aromatic rings. The van der Waals surface area contributed by atoms with Gasteiger partial charge in [0.15, 0.2) is 5.16 Å². The van der Waals surface area contributed by atoms with Crippen LogP contribution >= 0.6 is 11.8 Å². The van der Waals surface area contributed by atoms with E-state index in [-0.39, 0.29) is 17.7 Å². The summed E-state index contributed by atoms with van der Waals surface area (Å²) in [6.45, 7) is 0. The lowest BCUT2D eigenvalue weighted by Crippen LogP contribution is -2.42. The number of anilines is 3. The average molecular weight is 357 g/mol. The van der Waals surface area contributed by atoms with Crippen LogP contribution in [0.1, 0.15) is 32.1 Å². The number of carbonyl (C=O) groups excluding carboxylic acids is 1. The topological polar surface area (TPSA) is 98.1 Å². The van der Waals surface area contributed by atoms with Crippen molar-refractivity contribution < 1.29 is 4.79 Å². The molecule has 1 aliphatic carbocycles. The van der Waals surface area contributed by atoms with Gasteiger partial charge < -0.3 is 16.4 Å². The summed E-state index contributed by atoms with van der Waals surface area (Å²) in [5.41, 5.74) is 12.3. The number of hydrogen-bond acceptors (Lipinski definition) is 6. The van der Waals surface area contributed by atoms with Crippen molar-refractivity contribution >= 4 is 35.0 Å². The summed E-state index contributed by atoms with van der Waals surface area (Å²) in [7, 11) is 0. The summed E-state index contributed by atoms with van der Waals surface area (Å²) < 4.78 is 0. The van der Waals surface area contributed by atoms with Crippen molar-refractivity contribution in [2.24, 2.45) is 0 Å². The van der Waals surface area contributed by atoms with Gasteiger partial charge in [-0.3, -0.25) is 4.79 Å². The van der Waals surface area contributed by atoms with E-state index in [1.165, 1.54) is 37.1 Å². The number of nitrogen functional groups attached to an aromatic ring is 2. The van der Waals surface area contributed by atoms with E-state index in [4.69, 9.17) is 11.5 Å². The number of nitrogens with two attached hydrogens (primary N) is 2. The van der Waals surface area contributed by atoms with Gasteiger partial charge in [-0.2, -0.15) is 0 Å². The van der Waals surface area contributed by atoms with E-state index in [0.717, 1.165) is 18.5 Å². The Labute approximate surface area is 152 Å². The predicted molar refractivity (Wildman–Crippen MR) is 102 cm³/mol. The molecular weight excluding hydrogens is 334 g/mol. The second-order valence-corrected chi connectivity index (χ2v) is 7.12. The Kier molecular flexibility index (Phi) is 5.75. The minimum absolute atomic E-state index is 0.0627. The molecule has 1 aliphatic rings. The van der Waals surface area contributed by atoms with Gasteiger partial charge in [0.05, 0.1) is 5.75 Å². The molecule has 1 aromatic heterocycles. The molecule has 25 heavy (non-hydrogen) atoms. The van der Waals surface area contributed by atoms with Gasteiger partial charge in [0.1, 0.15) is 11.6 Å². The Bertz CT molecular complexity index is 698. The number of para-hydroxylation sites is 1. The maximum absolute atomic E-state index is 13.0. The molecule has 1 heterocycles. The fourth-order valence-electron chi connectivity index (χ4n) is 3.21. The molecule has 3 rings (SSSR count). The zero-order chi connectivity index (χ0) is 17.6. The number of nitrogens with zero attached hydrogens (tertiary/aromatic N) is 3. The van der Waals surface area contributed by atoms with E-state index in [0.29, 0.717) is 16.8 Å². The maximum Gasteiger partial charge on any atom is 0.237 e. The van der Waals surface area contributed by atoms with Crippen molar-refractivity contribution in [1.82, 2.24) is 9.97 Å². The molecule has 0 radical (unpaired) electrons. The number of thioether (sulfide) groups is 1. The number of aromatic nitrogens is 2. The summed E-state index contributed by atoms with van der Waals surface area (Å²) in [5.74, 6) is 0.950. The minimum atomic E-state index is 0.0627. The second-order valence-electron chi connectivity index (χ2n) is 6.18. The number of carbonyl (C=O) groups is 1. The first-order valence-corrected chi connectivity index (χ1v) is 9.52. The molecule has 0 saturated heterocycles. The first kappa shape index (κ1) is 17.5. The zero-order valence-corrected chi connectivity index (χ0v) is 14.9. The molecule has 7 heteroatoms. The van der Waals surface area contributed by atoms with Crippen molar-refractivity contribution in [2.45, 2.75) is 43.3 Å². The SMILES string of the molecule is Nc1cc(N)nc(SCC(=O)N(c2ccccc2)C2CCCCC2)n1. The quantitative estimate of drug-likeness (QED) is 0.630. The van der Waals surface area contributed by atoms with E-state index in [1.54, 1.807) is 0 Å². The Balaban J connectivity index is 1.74. The van der Waals surface area contributed by atoms with Crippen LogP contribution in [0.5, 0.6) is 0 Å². The molecule has 1 amide bonds. The maximum atomic E-state index is 13.0. The van der Waals surface area contributed by atoms with Crippen molar-refractivity contribution in [3.8, 4) is 0 Å². The van der Waals surface area contributed by atoms with Gasteiger partial charge in [0.25, 0.3) is 0 Å². The third kappa shape index (κ3) is 4.63. The molecule has 0 atom stereocenters. The standard InChI is InChI=1S/C18H23N5OS/c19-15-11-16(20)22-18(21-15)25-12-17(24)23(13-7-3-1-4-8-13)14-9-5-2-6-10-14/h1,3-4,7-8,11,14H,2,5-6,9-10,12H2,(H4,19,20,21,22). The number of hydrogen-bond donors (Lipinski definition) is 2. The van der Waals surface area contributed by atoms with Gasteiger partial charge in [-0.05, 0) is 25.0 Å². The fourth-order valence-corrected chi connectivity index (χ4v) is 3.94. The van der Waals surface area contributed by atoms with Crippen LogP contribution in [0.15, 0.2) is 41.6 Å². The van der Waals surface area contributed by atoms with Crippen LogP contribution in [0.3, 0.4) is 0 Å². The Morgan fingerprint density at radius 3 is 2.36 bits per heavy atom. The van der Waals surface area contributed by atoms with Crippen molar-refractivity contribution in [3.05, 3.63) is 36.4 Å². The lowest BCUT2D eigenvalue weighted by molar-refractivity contribution is -0.116. The summed E-state index contributed by atoms with van der Waals surface area (Å²) in [5, 5.41) is 0.433. The van der Waals surface area contributed by atoms with Gasteiger partial charge in [0.2, 0.25) is 5.91 Å². The third-order valence-corrected chi connectivity index (χ3v) is 5.14. The van der Waals surface area contributed by atoms with Crippen LogP contribution in [-0.2, 0) is 4.79 Å². The summed E-state index contributed by atoms with van der Waals surface area (Å²) in [6, 6.07) is 11.6. The molecule has 1 fully saturated rings. The highest BCUT2D eigenvalue weighted by molar-refractivity contribution is 7.99. The number of amides is 1. The van der Waals surface area contributed by atoms with Crippen LogP contribution in [0, 0.1) is 0 Å². The largest absolute Gasteiger partial charge is 0.383 e. The highest BCUT2D eigenvalue weighted by Gasteiger charge is 2.26. The lowest BCUT2D eigenvalue weighted by Gasteiger charge is -2.34. The molecule has 6 nitrogen and oxygen atoms in total. The summed E-state index contributed by atoms with van der Waals surface area (Å²) in [6.07, 6.45) is 5.69. The molecule has 1 saturated carbocycles. The van der Waals surface area contributed by atoms with E-state index < -0.39 is 0 Å². The van der Waals surface area contributed by atoms with Crippen LogP contribution in [0.4, 0.5) is 17.3 Å².